The minimum Gasteiger partial charge on any atom is -0.452 e. The predicted molar refractivity (Wildman–Crippen MR) is 49.2 cm³/mol. The van der Waals surface area contributed by atoms with Crippen molar-refractivity contribution in [1.82, 2.24) is 4.98 Å². The second kappa shape index (κ2) is 2.45. The smallest absolute Gasteiger partial charge is 0.229 e. The number of aromatic nitrogens is 1. The lowest BCUT2D eigenvalue weighted by molar-refractivity contribution is 0.110. The average Bonchev–Trinajstić information content (AvgIpc) is 2.82. The lowest BCUT2D eigenvalue weighted by Gasteiger charge is -1.87. The molecule has 0 aromatic carbocycles. The molecule has 0 saturated heterocycles. The van der Waals surface area contributed by atoms with Crippen molar-refractivity contribution in [3.63, 3.8) is 0 Å². The lowest BCUT2D eigenvalue weighted by atomic mass is 10.2. The third-order valence-electron chi connectivity index (χ3n) is 2.11. The van der Waals surface area contributed by atoms with Crippen LogP contribution in [-0.4, -0.2) is 11.3 Å². The molecule has 4 heteroatoms. The SMILES string of the molecule is O=Cc1cc2cnc3occc3c2o1. The van der Waals surface area contributed by atoms with Gasteiger partial charge in [0.1, 0.15) is 5.58 Å². The largest absolute Gasteiger partial charge is 0.452 e. The number of furan rings is 2. The molecule has 0 unspecified atom stereocenters. The minimum absolute atomic E-state index is 0.301. The standard InChI is InChI=1S/C10H5NO3/c12-5-7-3-6-4-11-10-8(1-2-13-10)9(6)14-7/h1-5H. The van der Waals surface area contributed by atoms with Gasteiger partial charge in [-0.15, -0.1) is 0 Å². The fraction of sp³-hybridized carbons (Fsp3) is 0. The highest BCUT2D eigenvalue weighted by molar-refractivity contribution is 6.01. The summed E-state index contributed by atoms with van der Waals surface area (Å²) in [7, 11) is 0. The molecule has 3 aromatic rings. The van der Waals surface area contributed by atoms with Gasteiger partial charge in [0, 0.05) is 11.6 Å². The second-order valence-corrected chi connectivity index (χ2v) is 2.95. The number of carbonyl (C=O) groups excluding carboxylic acids is 1. The Morgan fingerprint density at radius 3 is 3.21 bits per heavy atom. The maximum Gasteiger partial charge on any atom is 0.229 e. The van der Waals surface area contributed by atoms with E-state index in [0.29, 0.717) is 23.3 Å². The molecular weight excluding hydrogens is 182 g/mol. The van der Waals surface area contributed by atoms with Gasteiger partial charge < -0.3 is 8.83 Å². The van der Waals surface area contributed by atoms with E-state index in [9.17, 15) is 4.79 Å². The number of aldehydes is 1. The van der Waals surface area contributed by atoms with Crippen LogP contribution in [0.15, 0.2) is 33.4 Å². The van der Waals surface area contributed by atoms with Crippen LogP contribution in [0, 0.1) is 0 Å². The molecule has 0 fully saturated rings. The molecule has 0 aliphatic carbocycles. The summed E-state index contributed by atoms with van der Waals surface area (Å²) in [5.74, 6) is 0.301. The van der Waals surface area contributed by atoms with Gasteiger partial charge in [-0.2, -0.15) is 0 Å². The first-order valence-electron chi connectivity index (χ1n) is 4.09. The van der Waals surface area contributed by atoms with Crippen LogP contribution < -0.4 is 0 Å². The van der Waals surface area contributed by atoms with Crippen molar-refractivity contribution in [2.24, 2.45) is 0 Å². The molecule has 3 heterocycles. The van der Waals surface area contributed by atoms with Crippen LogP contribution in [0.3, 0.4) is 0 Å². The molecule has 0 saturated carbocycles. The summed E-state index contributed by atoms with van der Waals surface area (Å²) in [6.45, 7) is 0. The van der Waals surface area contributed by atoms with Crippen molar-refractivity contribution < 1.29 is 13.6 Å². The van der Waals surface area contributed by atoms with Crippen LogP contribution in [0.1, 0.15) is 10.6 Å². The molecule has 0 atom stereocenters. The Bertz CT molecular complexity index is 620. The Kier molecular flexibility index (Phi) is 1.28. The maximum atomic E-state index is 10.5. The maximum absolute atomic E-state index is 10.5. The van der Waals surface area contributed by atoms with Gasteiger partial charge in [-0.05, 0) is 12.1 Å². The molecule has 0 radical (unpaired) electrons. The van der Waals surface area contributed by atoms with E-state index in [1.165, 1.54) is 0 Å². The number of fused-ring (bicyclic) bond motifs is 3. The van der Waals surface area contributed by atoms with Crippen LogP contribution in [-0.2, 0) is 0 Å². The Balaban J connectivity index is 2.54. The van der Waals surface area contributed by atoms with Crippen LogP contribution in [0.2, 0.25) is 0 Å². The topological polar surface area (TPSA) is 56.2 Å². The lowest BCUT2D eigenvalue weighted by Crippen LogP contribution is -1.71. The van der Waals surface area contributed by atoms with Gasteiger partial charge in [-0.25, -0.2) is 4.98 Å². The highest BCUT2D eigenvalue weighted by Crippen LogP contribution is 2.26. The Hall–Kier alpha value is -2.10. The first-order chi connectivity index (χ1) is 6.88. The van der Waals surface area contributed by atoms with E-state index in [-0.39, 0.29) is 0 Å². The van der Waals surface area contributed by atoms with Crippen molar-refractivity contribution in [3.8, 4) is 0 Å². The third-order valence-corrected chi connectivity index (χ3v) is 2.11. The summed E-state index contributed by atoms with van der Waals surface area (Å²) in [4.78, 5) is 14.6. The molecule has 0 aliphatic heterocycles. The predicted octanol–water partition coefficient (Wildman–Crippen LogP) is 2.39. The first kappa shape index (κ1) is 7.32. The highest BCUT2D eigenvalue weighted by atomic mass is 16.4. The van der Waals surface area contributed by atoms with Gasteiger partial charge in [0.2, 0.25) is 5.71 Å². The van der Waals surface area contributed by atoms with Crippen LogP contribution in [0.25, 0.3) is 22.1 Å². The highest BCUT2D eigenvalue weighted by Gasteiger charge is 2.09. The van der Waals surface area contributed by atoms with Crippen molar-refractivity contribution >= 4 is 28.4 Å². The molecule has 0 aliphatic rings. The zero-order valence-corrected chi connectivity index (χ0v) is 7.06. The number of hydrogen-bond donors (Lipinski definition) is 0. The van der Waals surface area contributed by atoms with E-state index in [0.717, 1.165) is 10.8 Å². The summed E-state index contributed by atoms with van der Waals surface area (Å²) in [6.07, 6.45) is 3.84. The number of hydrogen-bond acceptors (Lipinski definition) is 4. The first-order valence-corrected chi connectivity index (χ1v) is 4.09. The monoisotopic (exact) mass is 187 g/mol. The van der Waals surface area contributed by atoms with E-state index >= 15 is 0 Å². The molecular formula is C10H5NO3. The van der Waals surface area contributed by atoms with Gasteiger partial charge in [0.05, 0.1) is 11.6 Å². The molecule has 68 valence electrons. The van der Waals surface area contributed by atoms with Gasteiger partial charge in [-0.3, -0.25) is 4.79 Å². The fourth-order valence-electron chi connectivity index (χ4n) is 1.49. The Morgan fingerprint density at radius 1 is 1.43 bits per heavy atom. The molecule has 4 nitrogen and oxygen atoms in total. The molecule has 3 aromatic heterocycles. The van der Waals surface area contributed by atoms with Gasteiger partial charge in [0.15, 0.2) is 12.0 Å². The fourth-order valence-corrected chi connectivity index (χ4v) is 1.49. The molecule has 3 rings (SSSR count). The summed E-state index contributed by atoms with van der Waals surface area (Å²) >= 11 is 0. The third kappa shape index (κ3) is 0.821. The number of nitrogens with zero attached hydrogens (tertiary/aromatic N) is 1. The summed E-state index contributed by atoms with van der Waals surface area (Å²) < 4.78 is 10.4. The summed E-state index contributed by atoms with van der Waals surface area (Å²) in [5.41, 5.74) is 1.16. The minimum atomic E-state index is 0.301. The van der Waals surface area contributed by atoms with E-state index in [1.54, 1.807) is 24.6 Å². The Labute approximate surface area is 78.1 Å². The quantitative estimate of drug-likeness (QED) is 0.549. The van der Waals surface area contributed by atoms with E-state index < -0.39 is 0 Å². The summed E-state index contributed by atoms with van der Waals surface area (Å²) in [5, 5.41) is 1.59. The second-order valence-electron chi connectivity index (χ2n) is 2.95. The number of carbonyl (C=O) groups is 1. The van der Waals surface area contributed by atoms with Crippen molar-refractivity contribution in [2.45, 2.75) is 0 Å². The average molecular weight is 187 g/mol. The number of pyridine rings is 1. The van der Waals surface area contributed by atoms with Gasteiger partial charge >= 0.3 is 0 Å². The summed E-state index contributed by atoms with van der Waals surface area (Å²) in [6, 6.07) is 3.42. The molecule has 14 heavy (non-hydrogen) atoms. The van der Waals surface area contributed by atoms with E-state index in [1.807, 2.05) is 0 Å². The zero-order valence-electron chi connectivity index (χ0n) is 7.06. The molecule has 0 N–H and O–H groups in total. The van der Waals surface area contributed by atoms with Crippen LogP contribution in [0.5, 0.6) is 0 Å². The molecule has 0 bridgehead atoms. The van der Waals surface area contributed by atoms with Gasteiger partial charge in [-0.1, -0.05) is 0 Å². The molecule has 0 spiro atoms. The van der Waals surface area contributed by atoms with Crippen LogP contribution >= 0.6 is 0 Å². The van der Waals surface area contributed by atoms with Crippen molar-refractivity contribution in [1.29, 1.82) is 0 Å². The normalized spacial score (nSPS) is 11.1. The van der Waals surface area contributed by atoms with E-state index in [4.69, 9.17) is 8.83 Å². The van der Waals surface area contributed by atoms with Gasteiger partial charge in [0.25, 0.3) is 0 Å². The van der Waals surface area contributed by atoms with Crippen LogP contribution in [0.4, 0.5) is 0 Å². The number of rotatable bonds is 1. The van der Waals surface area contributed by atoms with Crippen molar-refractivity contribution in [3.05, 3.63) is 30.4 Å². The molecule has 0 amide bonds. The van der Waals surface area contributed by atoms with E-state index in [2.05, 4.69) is 4.98 Å². The zero-order chi connectivity index (χ0) is 9.54. The van der Waals surface area contributed by atoms with Crippen molar-refractivity contribution in [2.75, 3.05) is 0 Å². The Morgan fingerprint density at radius 2 is 2.36 bits per heavy atom.